The number of carbonyl (C=O) groups is 1. The van der Waals surface area contributed by atoms with Gasteiger partial charge < -0.3 is 16.9 Å². The van der Waals surface area contributed by atoms with Gasteiger partial charge in [-0.05, 0) is 30.3 Å². The van der Waals surface area contributed by atoms with Crippen LogP contribution in [0.25, 0.3) is 0 Å². The molecule has 1 aliphatic rings. The average Bonchev–Trinajstić information content (AvgIpc) is 2.66. The molecule has 1 N–H and O–H groups in total. The SMILES string of the molecule is [B][C@@H]1CC(=O)[C@H](SCCCS[CH2-])[C@H]1/C=C/C(O)CC.[Y]. The molecule has 1 aliphatic carbocycles. The molecule has 0 bridgehead atoms. The zero-order chi connectivity index (χ0) is 14.3. The summed E-state index contributed by atoms with van der Waals surface area (Å²) in [7, 11) is 6.04. The van der Waals surface area contributed by atoms with Gasteiger partial charge in [0.1, 0.15) is 5.78 Å². The van der Waals surface area contributed by atoms with E-state index in [0.29, 0.717) is 12.8 Å². The van der Waals surface area contributed by atoms with Crippen molar-refractivity contribution in [2.75, 3.05) is 11.5 Å². The minimum atomic E-state index is -0.434. The molecule has 3 radical (unpaired) electrons. The summed E-state index contributed by atoms with van der Waals surface area (Å²) in [5.41, 5.74) is 0. The topological polar surface area (TPSA) is 37.3 Å². The molecule has 109 valence electrons. The summed E-state index contributed by atoms with van der Waals surface area (Å²) in [4.78, 5) is 12.0. The second kappa shape index (κ2) is 11.8. The van der Waals surface area contributed by atoms with Crippen molar-refractivity contribution in [2.24, 2.45) is 5.92 Å². The van der Waals surface area contributed by atoms with Crippen molar-refractivity contribution in [3.63, 3.8) is 0 Å². The van der Waals surface area contributed by atoms with Crippen molar-refractivity contribution in [3.05, 3.63) is 18.4 Å². The summed E-state index contributed by atoms with van der Waals surface area (Å²) in [6, 6.07) is 0. The maximum absolute atomic E-state index is 12.0. The third-order valence-electron chi connectivity index (χ3n) is 3.30. The molecular weight excluding hydrogens is 364 g/mol. The van der Waals surface area contributed by atoms with Crippen molar-refractivity contribution in [3.8, 4) is 0 Å². The molecule has 0 aromatic carbocycles. The summed E-state index contributed by atoms with van der Waals surface area (Å²) in [6.07, 6.45) is 9.23. The second-order valence-electron chi connectivity index (χ2n) is 4.83. The molecule has 0 aromatic rings. The third kappa shape index (κ3) is 7.00. The fourth-order valence-corrected chi connectivity index (χ4v) is 4.03. The van der Waals surface area contributed by atoms with Crippen molar-refractivity contribution in [1.82, 2.24) is 0 Å². The Morgan fingerprint density at radius 2 is 2.25 bits per heavy atom. The van der Waals surface area contributed by atoms with Gasteiger partial charge in [-0.25, -0.2) is 0 Å². The maximum atomic E-state index is 12.0. The average molecular weight is 386 g/mol. The molecule has 0 heterocycles. The van der Waals surface area contributed by atoms with Crippen molar-refractivity contribution < 1.29 is 42.6 Å². The van der Waals surface area contributed by atoms with Crippen LogP contribution in [0.15, 0.2) is 12.2 Å². The fourth-order valence-electron chi connectivity index (χ4n) is 2.14. The van der Waals surface area contributed by atoms with E-state index >= 15 is 0 Å². The Hall–Kier alpha value is 1.24. The number of aliphatic hydroxyl groups is 1. The number of hydrogen-bond donors (Lipinski definition) is 1. The zero-order valence-electron chi connectivity index (χ0n) is 12.0. The van der Waals surface area contributed by atoms with Gasteiger partial charge in [0.05, 0.1) is 19.2 Å². The summed E-state index contributed by atoms with van der Waals surface area (Å²) < 4.78 is 0. The first-order valence-corrected chi connectivity index (χ1v) is 8.93. The van der Waals surface area contributed by atoms with Gasteiger partial charge in [-0.2, -0.15) is 11.8 Å². The molecule has 1 saturated carbocycles. The predicted molar refractivity (Wildman–Crippen MR) is 86.7 cm³/mol. The first-order valence-electron chi connectivity index (χ1n) is 6.73. The van der Waals surface area contributed by atoms with Crippen LogP contribution in [0, 0.1) is 12.2 Å². The van der Waals surface area contributed by atoms with Crippen molar-refractivity contribution in [2.45, 2.75) is 43.4 Å². The smallest absolute Gasteiger partial charge is 0.145 e. The summed E-state index contributed by atoms with van der Waals surface area (Å²) >= 11 is 3.28. The second-order valence-corrected chi connectivity index (χ2v) is 6.89. The third-order valence-corrected chi connectivity index (χ3v) is 5.34. The number of thioether (sulfide) groups is 2. The standard InChI is InChI=1S/C14H22BO2S2.Y/c1-3-10(16)5-6-11-12(15)9-13(17)14(11)19-8-4-7-18-2;/h5-6,10-12,14,16H,2-4,7-9H2,1H3;/q-1;/b6-5+;/t10?,11-,12+,14+;/m0./s1. The first kappa shape index (κ1) is 21.2. The summed E-state index contributed by atoms with van der Waals surface area (Å²) in [5.74, 6) is 2.19. The molecule has 2 nitrogen and oxygen atoms in total. The van der Waals surface area contributed by atoms with Crippen LogP contribution in [0.3, 0.4) is 0 Å². The van der Waals surface area contributed by atoms with Gasteiger partial charge in [-0.3, -0.25) is 11.1 Å². The van der Waals surface area contributed by atoms with E-state index in [1.54, 1.807) is 29.6 Å². The van der Waals surface area contributed by atoms with E-state index in [0.717, 1.165) is 17.9 Å². The summed E-state index contributed by atoms with van der Waals surface area (Å²) in [5, 5.41) is 9.54. The van der Waals surface area contributed by atoms with Crippen LogP contribution in [0.5, 0.6) is 0 Å². The maximum Gasteiger partial charge on any atom is 0.145 e. The molecule has 4 atom stereocenters. The van der Waals surface area contributed by atoms with Crippen LogP contribution >= 0.6 is 23.5 Å². The number of allylic oxidation sites excluding steroid dienone is 1. The zero-order valence-corrected chi connectivity index (χ0v) is 16.5. The molecule has 1 unspecified atom stereocenters. The van der Waals surface area contributed by atoms with Gasteiger partial charge in [-0.1, -0.05) is 24.9 Å². The Balaban J connectivity index is 0.00000361. The summed E-state index contributed by atoms with van der Waals surface area (Å²) in [6.45, 7) is 1.93. The molecule has 20 heavy (non-hydrogen) atoms. The number of ketones is 1. The number of hydrogen-bond acceptors (Lipinski definition) is 4. The molecule has 0 saturated heterocycles. The van der Waals surface area contributed by atoms with E-state index in [-0.39, 0.29) is 55.5 Å². The van der Waals surface area contributed by atoms with Gasteiger partial charge in [-0.15, -0.1) is 0 Å². The number of aliphatic hydroxyl groups excluding tert-OH is 1. The van der Waals surface area contributed by atoms with E-state index in [4.69, 9.17) is 7.85 Å². The van der Waals surface area contributed by atoms with Gasteiger partial charge in [0.2, 0.25) is 0 Å². The van der Waals surface area contributed by atoms with Crippen LogP contribution in [-0.4, -0.2) is 41.6 Å². The van der Waals surface area contributed by atoms with E-state index in [1.807, 2.05) is 13.0 Å². The Morgan fingerprint density at radius 3 is 2.85 bits per heavy atom. The van der Waals surface area contributed by atoms with Crippen LogP contribution in [0.1, 0.15) is 26.2 Å². The molecule has 1 fully saturated rings. The minimum absolute atomic E-state index is 0. The van der Waals surface area contributed by atoms with E-state index in [9.17, 15) is 9.90 Å². The number of carbonyl (C=O) groups excluding carboxylic acids is 1. The molecule has 0 aromatic heterocycles. The Labute approximate surface area is 158 Å². The van der Waals surface area contributed by atoms with E-state index in [1.165, 1.54) is 0 Å². The molecule has 0 spiro atoms. The monoisotopic (exact) mass is 386 g/mol. The molecule has 0 aliphatic heterocycles. The predicted octanol–water partition coefficient (Wildman–Crippen LogP) is 2.87. The molecule has 0 amide bonds. The quantitative estimate of drug-likeness (QED) is 0.301. The van der Waals surface area contributed by atoms with E-state index in [2.05, 4.69) is 6.26 Å². The van der Waals surface area contributed by atoms with Gasteiger partial charge >= 0.3 is 0 Å². The number of Topliss-reactive ketones (excluding diaryl/α,β-unsaturated/α-hetero) is 1. The van der Waals surface area contributed by atoms with Crippen LogP contribution in [0.2, 0.25) is 5.82 Å². The fraction of sp³-hybridized carbons (Fsp3) is 0.714. The van der Waals surface area contributed by atoms with Gasteiger partial charge in [0, 0.05) is 39.1 Å². The van der Waals surface area contributed by atoms with Crippen molar-refractivity contribution in [1.29, 1.82) is 0 Å². The van der Waals surface area contributed by atoms with Crippen molar-refractivity contribution >= 4 is 37.2 Å². The largest absolute Gasteiger partial charge is 0.389 e. The van der Waals surface area contributed by atoms with Crippen LogP contribution < -0.4 is 0 Å². The van der Waals surface area contributed by atoms with Crippen LogP contribution in [-0.2, 0) is 37.5 Å². The number of rotatable bonds is 8. The normalized spacial score (nSPS) is 27.8. The van der Waals surface area contributed by atoms with E-state index < -0.39 is 6.10 Å². The Bertz CT molecular complexity index is 316. The van der Waals surface area contributed by atoms with Crippen LogP contribution in [0.4, 0.5) is 0 Å². The first-order chi connectivity index (χ1) is 9.10. The molecule has 1 rings (SSSR count). The molecule has 6 heteroatoms. The van der Waals surface area contributed by atoms with Gasteiger partial charge in [0.25, 0.3) is 0 Å². The minimum Gasteiger partial charge on any atom is -0.389 e. The Kier molecular flexibility index (Phi) is 12.5. The molecular formula is C14H22BO2S2Y-. The Morgan fingerprint density at radius 1 is 1.55 bits per heavy atom. The van der Waals surface area contributed by atoms with Gasteiger partial charge in [0.15, 0.2) is 0 Å².